The van der Waals surface area contributed by atoms with Gasteiger partial charge in [-0.25, -0.2) is 0 Å². The molecule has 0 aliphatic carbocycles. The minimum Gasteiger partial charge on any atom is -0.454 e. The van der Waals surface area contributed by atoms with Crippen molar-refractivity contribution in [2.45, 2.75) is 25.1 Å². The maximum atomic E-state index is 10.9. The average Bonchev–Trinajstić information content (AvgIpc) is 2.72. The van der Waals surface area contributed by atoms with E-state index in [1.807, 2.05) is 18.2 Å². The predicted octanol–water partition coefficient (Wildman–Crippen LogP) is 3.06. The summed E-state index contributed by atoms with van der Waals surface area (Å²) in [5.74, 6) is 1.64. The lowest BCUT2D eigenvalue weighted by Crippen LogP contribution is -1.96. The van der Waals surface area contributed by atoms with Crippen molar-refractivity contribution < 1.29 is 14.3 Å². The number of fused-ring (bicyclic) bond motifs is 1. The highest BCUT2D eigenvalue weighted by Gasteiger charge is 2.16. The first kappa shape index (κ1) is 11.3. The summed E-state index contributed by atoms with van der Waals surface area (Å²) >= 11 is 6.20. The van der Waals surface area contributed by atoms with Gasteiger partial charge in [0.25, 0.3) is 0 Å². The molecule has 1 aromatic rings. The number of hydrogen-bond donors (Lipinski definition) is 0. The number of halogens is 1. The number of carbonyl (C=O) groups excluding carboxylic acids is 1. The molecule has 86 valence electrons. The van der Waals surface area contributed by atoms with Crippen molar-refractivity contribution >= 4 is 17.4 Å². The summed E-state index contributed by atoms with van der Waals surface area (Å²) in [6, 6.07) is 5.63. The molecule has 16 heavy (non-hydrogen) atoms. The molecule has 3 nitrogen and oxygen atoms in total. The van der Waals surface area contributed by atoms with Crippen molar-refractivity contribution in [2.24, 2.45) is 0 Å². The lowest BCUT2D eigenvalue weighted by molar-refractivity contribution is -0.117. The van der Waals surface area contributed by atoms with E-state index in [0.29, 0.717) is 12.8 Å². The smallest absolute Gasteiger partial charge is 0.231 e. The van der Waals surface area contributed by atoms with Gasteiger partial charge >= 0.3 is 0 Å². The summed E-state index contributed by atoms with van der Waals surface area (Å²) in [5.41, 5.74) is 0.965. The van der Waals surface area contributed by atoms with E-state index in [1.54, 1.807) is 6.92 Å². The number of ether oxygens (including phenoxy) is 2. The maximum absolute atomic E-state index is 10.9. The van der Waals surface area contributed by atoms with Crippen LogP contribution in [0.4, 0.5) is 0 Å². The Morgan fingerprint density at radius 1 is 1.44 bits per heavy atom. The van der Waals surface area contributed by atoms with E-state index in [2.05, 4.69) is 0 Å². The molecule has 1 atom stereocenters. The number of alkyl halides is 1. The molecule has 0 spiro atoms. The number of rotatable bonds is 4. The highest BCUT2D eigenvalue weighted by atomic mass is 35.5. The van der Waals surface area contributed by atoms with Crippen LogP contribution in [0.15, 0.2) is 18.2 Å². The monoisotopic (exact) mass is 240 g/mol. The van der Waals surface area contributed by atoms with Crippen LogP contribution in [0.2, 0.25) is 0 Å². The molecule has 0 bridgehead atoms. The molecule has 0 saturated heterocycles. The molecule has 0 fully saturated rings. The molecular weight excluding hydrogens is 228 g/mol. The van der Waals surface area contributed by atoms with Gasteiger partial charge in [-0.1, -0.05) is 6.07 Å². The van der Waals surface area contributed by atoms with E-state index in [4.69, 9.17) is 21.1 Å². The molecule has 1 unspecified atom stereocenters. The first-order chi connectivity index (χ1) is 7.66. The van der Waals surface area contributed by atoms with E-state index in [0.717, 1.165) is 17.1 Å². The molecule has 1 aliphatic heterocycles. The Morgan fingerprint density at radius 3 is 2.94 bits per heavy atom. The second-order valence-electron chi connectivity index (χ2n) is 3.82. The lowest BCUT2D eigenvalue weighted by Gasteiger charge is -2.09. The van der Waals surface area contributed by atoms with Crippen molar-refractivity contribution in [3.05, 3.63) is 23.8 Å². The van der Waals surface area contributed by atoms with Crippen molar-refractivity contribution in [2.75, 3.05) is 6.79 Å². The number of Topliss-reactive ketones (excluding diaryl/α,β-unsaturated/α-hetero) is 1. The minimum atomic E-state index is -0.154. The second kappa shape index (κ2) is 4.74. The minimum absolute atomic E-state index is 0.154. The lowest BCUT2D eigenvalue weighted by atomic mass is 10.1. The fourth-order valence-corrected chi connectivity index (χ4v) is 1.85. The Balaban J connectivity index is 2.06. The average molecular weight is 241 g/mol. The van der Waals surface area contributed by atoms with Crippen LogP contribution in [-0.4, -0.2) is 12.6 Å². The van der Waals surface area contributed by atoms with Crippen molar-refractivity contribution in [1.82, 2.24) is 0 Å². The molecule has 0 radical (unpaired) electrons. The van der Waals surface area contributed by atoms with Gasteiger partial charge in [0.1, 0.15) is 5.78 Å². The molecule has 1 aliphatic rings. The van der Waals surface area contributed by atoms with Crippen LogP contribution >= 0.6 is 11.6 Å². The summed E-state index contributed by atoms with van der Waals surface area (Å²) in [6.07, 6.45) is 1.15. The van der Waals surface area contributed by atoms with Gasteiger partial charge in [0.05, 0.1) is 5.38 Å². The third-order valence-corrected chi connectivity index (χ3v) is 2.98. The van der Waals surface area contributed by atoms with Crippen LogP contribution in [0.25, 0.3) is 0 Å². The fourth-order valence-electron chi connectivity index (χ4n) is 1.60. The summed E-state index contributed by atoms with van der Waals surface area (Å²) in [5, 5.41) is -0.154. The maximum Gasteiger partial charge on any atom is 0.231 e. The molecule has 0 aromatic heterocycles. The number of hydrogen-bond acceptors (Lipinski definition) is 3. The largest absolute Gasteiger partial charge is 0.454 e. The first-order valence-corrected chi connectivity index (χ1v) is 5.63. The Hall–Kier alpha value is -1.22. The zero-order chi connectivity index (χ0) is 11.5. The van der Waals surface area contributed by atoms with Gasteiger partial charge in [-0.3, -0.25) is 0 Å². The summed E-state index contributed by atoms with van der Waals surface area (Å²) in [7, 11) is 0. The van der Waals surface area contributed by atoms with E-state index in [-0.39, 0.29) is 18.0 Å². The third kappa shape index (κ3) is 2.47. The summed E-state index contributed by atoms with van der Waals surface area (Å²) in [4.78, 5) is 10.9. The van der Waals surface area contributed by atoms with Crippen molar-refractivity contribution in [3.63, 3.8) is 0 Å². The van der Waals surface area contributed by atoms with Gasteiger partial charge in [0.15, 0.2) is 11.5 Å². The van der Waals surface area contributed by atoms with Crippen LogP contribution in [0.3, 0.4) is 0 Å². The van der Waals surface area contributed by atoms with Gasteiger partial charge in [-0.05, 0) is 31.0 Å². The highest BCUT2D eigenvalue weighted by molar-refractivity contribution is 6.20. The topological polar surface area (TPSA) is 35.5 Å². The van der Waals surface area contributed by atoms with E-state index in [1.165, 1.54) is 0 Å². The van der Waals surface area contributed by atoms with Gasteiger partial charge in [0, 0.05) is 6.42 Å². The number of benzene rings is 1. The molecule has 1 aromatic carbocycles. The van der Waals surface area contributed by atoms with Crippen LogP contribution in [0, 0.1) is 0 Å². The molecule has 0 saturated carbocycles. The van der Waals surface area contributed by atoms with E-state index < -0.39 is 0 Å². The quantitative estimate of drug-likeness (QED) is 0.759. The van der Waals surface area contributed by atoms with Gasteiger partial charge in [0.2, 0.25) is 6.79 Å². The number of carbonyl (C=O) groups is 1. The first-order valence-electron chi connectivity index (χ1n) is 5.20. The van der Waals surface area contributed by atoms with Crippen LogP contribution in [0.5, 0.6) is 11.5 Å². The third-order valence-electron chi connectivity index (χ3n) is 2.51. The van der Waals surface area contributed by atoms with Crippen LogP contribution in [-0.2, 0) is 4.79 Å². The van der Waals surface area contributed by atoms with Gasteiger partial charge in [-0.2, -0.15) is 0 Å². The number of ketones is 1. The molecule has 1 heterocycles. The predicted molar refractivity (Wildman–Crippen MR) is 61.1 cm³/mol. The van der Waals surface area contributed by atoms with E-state index >= 15 is 0 Å². The highest BCUT2D eigenvalue weighted by Crippen LogP contribution is 2.36. The Labute approximate surface area is 99.3 Å². The Bertz CT molecular complexity index is 403. The Morgan fingerprint density at radius 2 is 2.19 bits per heavy atom. The zero-order valence-corrected chi connectivity index (χ0v) is 9.79. The molecule has 0 N–H and O–H groups in total. The SMILES string of the molecule is CC(=O)CCC(Cl)c1ccc2c(c1)OCO2. The van der Waals surface area contributed by atoms with Gasteiger partial charge < -0.3 is 14.3 Å². The normalized spacial score (nSPS) is 14.9. The molecule has 4 heteroatoms. The molecule has 0 amide bonds. The molecular formula is C12H13ClO3. The Kier molecular flexibility index (Phi) is 3.34. The standard InChI is InChI=1S/C12H13ClO3/c1-8(14)2-4-10(13)9-3-5-11-12(6-9)16-7-15-11/h3,5-6,10H,2,4,7H2,1H3. The van der Waals surface area contributed by atoms with E-state index in [9.17, 15) is 4.79 Å². The fraction of sp³-hybridized carbons (Fsp3) is 0.417. The zero-order valence-electron chi connectivity index (χ0n) is 9.03. The summed E-state index contributed by atoms with van der Waals surface area (Å²) < 4.78 is 10.5. The molecule has 2 rings (SSSR count). The summed E-state index contributed by atoms with van der Waals surface area (Å²) in [6.45, 7) is 1.84. The van der Waals surface area contributed by atoms with Crippen LogP contribution < -0.4 is 9.47 Å². The van der Waals surface area contributed by atoms with Crippen LogP contribution in [0.1, 0.15) is 30.7 Å². The van der Waals surface area contributed by atoms with Crippen molar-refractivity contribution in [3.8, 4) is 11.5 Å². The second-order valence-corrected chi connectivity index (χ2v) is 4.35. The van der Waals surface area contributed by atoms with Gasteiger partial charge in [-0.15, -0.1) is 11.6 Å². The van der Waals surface area contributed by atoms with Crippen molar-refractivity contribution in [1.29, 1.82) is 0 Å².